The summed E-state index contributed by atoms with van der Waals surface area (Å²) in [7, 11) is 1.84. The van der Waals surface area contributed by atoms with Gasteiger partial charge in [0, 0.05) is 25.4 Å². The second-order valence-corrected chi connectivity index (χ2v) is 4.99. The predicted molar refractivity (Wildman–Crippen MR) is 80.0 cm³/mol. The molecule has 0 radical (unpaired) electrons. The monoisotopic (exact) mass is 291 g/mol. The Hall–Kier alpha value is -2.08. The highest BCUT2D eigenvalue weighted by molar-refractivity contribution is 7.13. The van der Waals surface area contributed by atoms with Gasteiger partial charge < -0.3 is 15.4 Å². The highest BCUT2D eigenvalue weighted by Crippen LogP contribution is 2.14. The molecule has 106 valence electrons. The van der Waals surface area contributed by atoms with Crippen LogP contribution in [0.25, 0.3) is 0 Å². The number of nitrogens with one attached hydrogen (secondary N) is 2. The third kappa shape index (κ3) is 4.55. The molecule has 2 aromatic rings. The molecule has 5 nitrogen and oxygen atoms in total. The van der Waals surface area contributed by atoms with Gasteiger partial charge in [-0.15, -0.1) is 11.3 Å². The predicted octanol–water partition coefficient (Wildman–Crippen LogP) is 2.65. The Morgan fingerprint density at radius 1 is 1.35 bits per heavy atom. The third-order valence-electron chi connectivity index (χ3n) is 2.63. The molecule has 1 aromatic carbocycles. The van der Waals surface area contributed by atoms with Gasteiger partial charge in [-0.05, 0) is 5.56 Å². The maximum Gasteiger partial charge on any atom is 0.407 e. The SMILES string of the molecule is CNc1nc(CCNC(=O)OCc2ccccc2)cs1. The number of ether oxygens (including phenoxy) is 1. The Balaban J connectivity index is 1.65. The molecule has 1 heterocycles. The summed E-state index contributed by atoms with van der Waals surface area (Å²) in [5.41, 5.74) is 1.93. The number of rotatable bonds is 6. The largest absolute Gasteiger partial charge is 0.445 e. The second kappa shape index (κ2) is 7.49. The van der Waals surface area contributed by atoms with E-state index in [4.69, 9.17) is 4.74 Å². The van der Waals surface area contributed by atoms with Gasteiger partial charge in [0.25, 0.3) is 0 Å². The number of anilines is 1. The van der Waals surface area contributed by atoms with Gasteiger partial charge in [0.05, 0.1) is 5.69 Å². The lowest BCUT2D eigenvalue weighted by atomic mass is 10.2. The van der Waals surface area contributed by atoms with E-state index in [1.165, 1.54) is 0 Å². The normalized spacial score (nSPS) is 10.1. The summed E-state index contributed by atoms with van der Waals surface area (Å²) < 4.78 is 5.11. The average molecular weight is 291 g/mol. The van der Waals surface area contributed by atoms with Gasteiger partial charge in [0.2, 0.25) is 0 Å². The minimum absolute atomic E-state index is 0.285. The number of carbonyl (C=O) groups excluding carboxylic acids is 1. The van der Waals surface area contributed by atoms with Crippen LogP contribution >= 0.6 is 11.3 Å². The summed E-state index contributed by atoms with van der Waals surface area (Å²) in [5, 5.41) is 8.55. The van der Waals surface area contributed by atoms with E-state index in [1.807, 2.05) is 42.8 Å². The maximum atomic E-state index is 11.5. The molecule has 0 aliphatic carbocycles. The molecule has 20 heavy (non-hydrogen) atoms. The van der Waals surface area contributed by atoms with Crippen molar-refractivity contribution in [2.24, 2.45) is 0 Å². The molecule has 0 saturated heterocycles. The van der Waals surface area contributed by atoms with Crippen LogP contribution in [0, 0.1) is 0 Å². The molecule has 0 bridgehead atoms. The van der Waals surface area contributed by atoms with Gasteiger partial charge in [-0.3, -0.25) is 0 Å². The van der Waals surface area contributed by atoms with Gasteiger partial charge in [-0.2, -0.15) is 0 Å². The van der Waals surface area contributed by atoms with Crippen molar-refractivity contribution in [2.45, 2.75) is 13.0 Å². The van der Waals surface area contributed by atoms with Crippen molar-refractivity contribution >= 4 is 22.6 Å². The van der Waals surface area contributed by atoms with E-state index in [1.54, 1.807) is 11.3 Å². The number of carbonyl (C=O) groups is 1. The molecule has 0 atom stereocenters. The Morgan fingerprint density at radius 2 is 2.15 bits per heavy atom. The molecule has 2 rings (SSSR count). The van der Waals surface area contributed by atoms with Crippen molar-refractivity contribution < 1.29 is 9.53 Å². The first-order valence-electron chi connectivity index (χ1n) is 6.34. The molecule has 0 spiro atoms. The number of benzene rings is 1. The van der Waals surface area contributed by atoms with Crippen LogP contribution in [-0.4, -0.2) is 24.7 Å². The van der Waals surface area contributed by atoms with Crippen LogP contribution < -0.4 is 10.6 Å². The topological polar surface area (TPSA) is 63.2 Å². The van der Waals surface area contributed by atoms with E-state index in [0.717, 1.165) is 16.4 Å². The first-order valence-corrected chi connectivity index (χ1v) is 7.22. The van der Waals surface area contributed by atoms with E-state index in [9.17, 15) is 4.79 Å². The van der Waals surface area contributed by atoms with E-state index >= 15 is 0 Å². The fraction of sp³-hybridized carbons (Fsp3) is 0.286. The van der Waals surface area contributed by atoms with E-state index in [0.29, 0.717) is 13.0 Å². The highest BCUT2D eigenvalue weighted by atomic mass is 32.1. The van der Waals surface area contributed by atoms with Crippen LogP contribution in [0.2, 0.25) is 0 Å². The van der Waals surface area contributed by atoms with Gasteiger partial charge in [-0.1, -0.05) is 30.3 Å². The number of aromatic nitrogens is 1. The van der Waals surface area contributed by atoms with E-state index < -0.39 is 6.09 Å². The smallest absolute Gasteiger partial charge is 0.407 e. The fourth-order valence-electron chi connectivity index (χ4n) is 1.60. The summed E-state index contributed by atoms with van der Waals surface area (Å²) in [6.07, 6.45) is 0.288. The van der Waals surface area contributed by atoms with Crippen molar-refractivity contribution in [3.63, 3.8) is 0 Å². The van der Waals surface area contributed by atoms with Gasteiger partial charge in [0.1, 0.15) is 6.61 Å². The molecule has 1 amide bonds. The number of hydrogen-bond donors (Lipinski definition) is 2. The Labute approximate surface area is 122 Å². The standard InChI is InChI=1S/C14H17N3O2S/c1-15-13-17-12(10-20-13)7-8-16-14(18)19-9-11-5-3-2-4-6-11/h2-6,10H,7-9H2,1H3,(H,15,17)(H,16,18). The maximum absolute atomic E-state index is 11.5. The first kappa shape index (κ1) is 14.3. The zero-order valence-electron chi connectivity index (χ0n) is 11.3. The lowest BCUT2D eigenvalue weighted by Gasteiger charge is -2.06. The van der Waals surface area contributed by atoms with Crippen molar-refractivity contribution in [1.82, 2.24) is 10.3 Å². The van der Waals surface area contributed by atoms with Crippen molar-refractivity contribution in [2.75, 3.05) is 18.9 Å². The summed E-state index contributed by atoms with van der Waals surface area (Å²) in [4.78, 5) is 15.8. The average Bonchev–Trinajstić information content (AvgIpc) is 2.94. The molecular weight excluding hydrogens is 274 g/mol. The Morgan fingerprint density at radius 3 is 2.85 bits per heavy atom. The lowest BCUT2D eigenvalue weighted by molar-refractivity contribution is 0.140. The summed E-state index contributed by atoms with van der Waals surface area (Å²) in [5.74, 6) is 0. The minimum atomic E-state index is -0.405. The molecule has 0 unspecified atom stereocenters. The molecule has 0 aliphatic rings. The molecular formula is C14H17N3O2S. The number of thiazole rings is 1. The number of hydrogen-bond acceptors (Lipinski definition) is 5. The Bertz CT molecular complexity index is 542. The zero-order valence-corrected chi connectivity index (χ0v) is 12.1. The molecule has 0 fully saturated rings. The lowest BCUT2D eigenvalue weighted by Crippen LogP contribution is -2.26. The summed E-state index contributed by atoms with van der Waals surface area (Å²) >= 11 is 1.55. The zero-order chi connectivity index (χ0) is 14.2. The Kier molecular flexibility index (Phi) is 5.37. The summed E-state index contributed by atoms with van der Waals surface area (Å²) in [6.45, 7) is 0.799. The highest BCUT2D eigenvalue weighted by Gasteiger charge is 2.04. The minimum Gasteiger partial charge on any atom is -0.445 e. The second-order valence-electron chi connectivity index (χ2n) is 4.13. The molecule has 2 N–H and O–H groups in total. The van der Waals surface area contributed by atoms with Crippen LogP contribution in [-0.2, 0) is 17.8 Å². The molecule has 1 aromatic heterocycles. The van der Waals surface area contributed by atoms with Gasteiger partial charge in [-0.25, -0.2) is 9.78 Å². The van der Waals surface area contributed by atoms with Crippen LogP contribution in [0.1, 0.15) is 11.3 Å². The summed E-state index contributed by atoms with van der Waals surface area (Å²) in [6, 6.07) is 9.59. The van der Waals surface area contributed by atoms with Crippen molar-refractivity contribution in [1.29, 1.82) is 0 Å². The van der Waals surface area contributed by atoms with Crippen LogP contribution in [0.5, 0.6) is 0 Å². The number of alkyl carbamates (subject to hydrolysis) is 1. The van der Waals surface area contributed by atoms with Crippen LogP contribution in [0.4, 0.5) is 9.93 Å². The number of nitrogens with zero attached hydrogens (tertiary/aromatic N) is 1. The number of amides is 1. The van der Waals surface area contributed by atoms with Gasteiger partial charge in [0.15, 0.2) is 5.13 Å². The molecule has 0 saturated carbocycles. The molecule has 0 aliphatic heterocycles. The van der Waals surface area contributed by atoms with E-state index in [-0.39, 0.29) is 6.61 Å². The van der Waals surface area contributed by atoms with E-state index in [2.05, 4.69) is 15.6 Å². The van der Waals surface area contributed by atoms with Crippen LogP contribution in [0.15, 0.2) is 35.7 Å². The van der Waals surface area contributed by atoms with Crippen molar-refractivity contribution in [3.8, 4) is 0 Å². The van der Waals surface area contributed by atoms with Crippen LogP contribution in [0.3, 0.4) is 0 Å². The first-order chi connectivity index (χ1) is 9.78. The molecule has 6 heteroatoms. The third-order valence-corrected chi connectivity index (χ3v) is 3.54. The fourth-order valence-corrected chi connectivity index (χ4v) is 2.31. The van der Waals surface area contributed by atoms with Gasteiger partial charge >= 0.3 is 6.09 Å². The van der Waals surface area contributed by atoms with Crippen molar-refractivity contribution in [3.05, 3.63) is 47.0 Å². The quantitative estimate of drug-likeness (QED) is 0.859.